The number of nitrogens with one attached hydrogen (secondary N) is 1. The van der Waals surface area contributed by atoms with Crippen molar-refractivity contribution in [2.24, 2.45) is 7.05 Å². The molecule has 1 heterocycles. The first kappa shape index (κ1) is 10.9. The van der Waals surface area contributed by atoms with Crippen LogP contribution >= 0.6 is 0 Å². The van der Waals surface area contributed by atoms with Crippen LogP contribution in [0.4, 0.5) is 0 Å². The van der Waals surface area contributed by atoms with Crippen molar-refractivity contribution in [3.05, 3.63) is 24.0 Å². The van der Waals surface area contributed by atoms with Gasteiger partial charge in [-0.1, -0.05) is 0 Å². The van der Waals surface area contributed by atoms with Gasteiger partial charge in [0.25, 0.3) is 0 Å². The fourth-order valence-electron chi connectivity index (χ4n) is 1.38. The van der Waals surface area contributed by atoms with Crippen LogP contribution in [-0.2, 0) is 13.6 Å². The average molecular weight is 190 g/mol. The van der Waals surface area contributed by atoms with Gasteiger partial charge in [-0.3, -0.25) is 0 Å². The molecule has 0 spiro atoms. The third-order valence-electron chi connectivity index (χ3n) is 2.15. The number of aromatic nitrogens is 1. The molecule has 1 rings (SSSR count). The Labute approximate surface area is 86.3 Å². The first-order valence-corrected chi connectivity index (χ1v) is 5.08. The monoisotopic (exact) mass is 190 g/mol. The summed E-state index contributed by atoms with van der Waals surface area (Å²) in [6, 6.07) is 2.13. The van der Waals surface area contributed by atoms with Gasteiger partial charge in [-0.05, 0) is 31.0 Å². The maximum absolute atomic E-state index is 5.16. The molecule has 0 amide bonds. The summed E-state index contributed by atoms with van der Waals surface area (Å²) in [5, 5.41) is 3.39. The Morgan fingerprint density at radius 1 is 1.50 bits per heavy atom. The zero-order chi connectivity index (χ0) is 10.2. The zero-order valence-electron chi connectivity index (χ0n) is 8.79. The van der Waals surface area contributed by atoms with Crippen LogP contribution in [0.1, 0.15) is 24.8 Å². The molecule has 0 fully saturated rings. The lowest BCUT2D eigenvalue weighted by Crippen LogP contribution is -2.14. The Bertz CT molecular complexity index is 294. The second-order valence-corrected chi connectivity index (χ2v) is 3.52. The Kier molecular flexibility index (Phi) is 4.88. The topological polar surface area (TPSA) is 17.0 Å². The quantitative estimate of drug-likeness (QED) is 0.535. The van der Waals surface area contributed by atoms with Gasteiger partial charge < -0.3 is 9.88 Å². The highest BCUT2D eigenvalue weighted by molar-refractivity contribution is 5.09. The lowest BCUT2D eigenvalue weighted by molar-refractivity contribution is 0.629. The molecule has 14 heavy (non-hydrogen) atoms. The van der Waals surface area contributed by atoms with Gasteiger partial charge in [0.15, 0.2) is 0 Å². The van der Waals surface area contributed by atoms with E-state index in [1.165, 1.54) is 5.56 Å². The van der Waals surface area contributed by atoms with Crippen LogP contribution in [0.5, 0.6) is 0 Å². The minimum Gasteiger partial charge on any atom is -0.357 e. The molecule has 0 aliphatic carbocycles. The van der Waals surface area contributed by atoms with Crippen molar-refractivity contribution in [3.63, 3.8) is 0 Å². The van der Waals surface area contributed by atoms with Crippen molar-refractivity contribution in [1.82, 2.24) is 9.88 Å². The van der Waals surface area contributed by atoms with Gasteiger partial charge in [0.05, 0.1) is 0 Å². The Morgan fingerprint density at radius 3 is 3.00 bits per heavy atom. The molecule has 0 saturated heterocycles. The predicted molar refractivity (Wildman–Crippen MR) is 59.8 cm³/mol. The van der Waals surface area contributed by atoms with Gasteiger partial charge in [-0.15, -0.1) is 12.3 Å². The number of rotatable bonds is 6. The zero-order valence-corrected chi connectivity index (χ0v) is 8.79. The largest absolute Gasteiger partial charge is 0.357 e. The highest BCUT2D eigenvalue weighted by Gasteiger charge is 1.93. The van der Waals surface area contributed by atoms with E-state index < -0.39 is 0 Å². The molecule has 1 aromatic rings. The summed E-state index contributed by atoms with van der Waals surface area (Å²) < 4.78 is 2.06. The normalized spacial score (nSPS) is 10.0. The molecule has 76 valence electrons. The average Bonchev–Trinajstić information content (AvgIpc) is 2.58. The van der Waals surface area contributed by atoms with Crippen LogP contribution in [0.3, 0.4) is 0 Å². The second kappa shape index (κ2) is 6.28. The van der Waals surface area contributed by atoms with E-state index in [0.717, 1.165) is 32.4 Å². The fraction of sp³-hybridized carbons (Fsp3) is 0.500. The molecular weight excluding hydrogens is 172 g/mol. The summed E-state index contributed by atoms with van der Waals surface area (Å²) in [6.07, 6.45) is 12.5. The fourth-order valence-corrected chi connectivity index (χ4v) is 1.38. The molecule has 1 aromatic heterocycles. The number of hydrogen-bond donors (Lipinski definition) is 1. The van der Waals surface area contributed by atoms with Gasteiger partial charge in [-0.2, -0.15) is 0 Å². The molecule has 0 saturated carbocycles. The summed E-state index contributed by atoms with van der Waals surface area (Å²) in [4.78, 5) is 0. The number of nitrogens with zero attached hydrogens (tertiary/aromatic N) is 1. The van der Waals surface area contributed by atoms with E-state index in [2.05, 4.69) is 34.3 Å². The third kappa shape index (κ3) is 4.15. The van der Waals surface area contributed by atoms with Gasteiger partial charge >= 0.3 is 0 Å². The summed E-state index contributed by atoms with van der Waals surface area (Å²) in [6.45, 7) is 2.01. The first-order chi connectivity index (χ1) is 6.83. The van der Waals surface area contributed by atoms with E-state index in [4.69, 9.17) is 6.42 Å². The molecule has 0 bridgehead atoms. The number of unbranched alkanes of at least 4 members (excludes halogenated alkanes) is 2. The minimum absolute atomic E-state index is 0.896. The van der Waals surface area contributed by atoms with Crippen molar-refractivity contribution >= 4 is 0 Å². The lowest BCUT2D eigenvalue weighted by Gasteiger charge is -2.01. The van der Waals surface area contributed by atoms with Crippen LogP contribution in [0.15, 0.2) is 18.5 Å². The molecule has 0 unspecified atom stereocenters. The first-order valence-electron chi connectivity index (χ1n) is 5.08. The van der Waals surface area contributed by atoms with Crippen molar-refractivity contribution in [3.8, 4) is 12.3 Å². The number of aryl methyl sites for hydroxylation is 1. The van der Waals surface area contributed by atoms with Crippen molar-refractivity contribution in [2.45, 2.75) is 25.8 Å². The standard InChI is InChI=1S/C12H18N2/c1-3-4-5-6-8-13-10-12-7-9-14(2)11-12/h1,7,9,11,13H,4-6,8,10H2,2H3. The molecule has 2 heteroatoms. The van der Waals surface area contributed by atoms with Gasteiger partial charge in [-0.25, -0.2) is 0 Å². The molecule has 0 aliphatic rings. The van der Waals surface area contributed by atoms with Crippen molar-refractivity contribution < 1.29 is 0 Å². The van der Waals surface area contributed by atoms with Crippen LogP contribution in [-0.4, -0.2) is 11.1 Å². The summed E-state index contributed by atoms with van der Waals surface area (Å²) in [7, 11) is 2.04. The lowest BCUT2D eigenvalue weighted by atomic mass is 10.2. The van der Waals surface area contributed by atoms with Gasteiger partial charge in [0.1, 0.15) is 0 Å². The van der Waals surface area contributed by atoms with E-state index in [9.17, 15) is 0 Å². The third-order valence-corrected chi connectivity index (χ3v) is 2.15. The highest BCUT2D eigenvalue weighted by atomic mass is 14.9. The Hall–Kier alpha value is -1.20. The molecule has 1 N–H and O–H groups in total. The molecular formula is C12H18N2. The SMILES string of the molecule is C#CCCCCNCc1ccn(C)c1. The Balaban J connectivity index is 2.02. The molecule has 0 radical (unpaired) electrons. The van der Waals surface area contributed by atoms with E-state index in [0.29, 0.717) is 0 Å². The molecule has 0 aliphatic heterocycles. The van der Waals surface area contributed by atoms with Gasteiger partial charge in [0.2, 0.25) is 0 Å². The van der Waals surface area contributed by atoms with Crippen LogP contribution in [0.25, 0.3) is 0 Å². The van der Waals surface area contributed by atoms with Crippen molar-refractivity contribution in [2.75, 3.05) is 6.54 Å². The summed E-state index contributed by atoms with van der Waals surface area (Å²) in [5.74, 6) is 2.65. The predicted octanol–water partition coefficient (Wildman–Crippen LogP) is 1.92. The Morgan fingerprint density at radius 2 is 2.36 bits per heavy atom. The summed E-state index contributed by atoms with van der Waals surface area (Å²) >= 11 is 0. The highest BCUT2D eigenvalue weighted by Crippen LogP contribution is 1.99. The van der Waals surface area contributed by atoms with Crippen molar-refractivity contribution in [1.29, 1.82) is 0 Å². The number of hydrogen-bond acceptors (Lipinski definition) is 1. The van der Waals surface area contributed by atoms with Crippen LogP contribution in [0.2, 0.25) is 0 Å². The molecule has 0 atom stereocenters. The van der Waals surface area contributed by atoms with Gasteiger partial charge in [0, 0.05) is 32.4 Å². The maximum atomic E-state index is 5.16. The van der Waals surface area contributed by atoms with Crippen LogP contribution < -0.4 is 5.32 Å². The van der Waals surface area contributed by atoms with E-state index in [1.54, 1.807) is 0 Å². The van der Waals surface area contributed by atoms with E-state index in [1.807, 2.05) is 7.05 Å². The second-order valence-electron chi connectivity index (χ2n) is 3.52. The molecule has 0 aromatic carbocycles. The van der Waals surface area contributed by atoms with Crippen LogP contribution in [0, 0.1) is 12.3 Å². The molecule has 2 nitrogen and oxygen atoms in total. The van der Waals surface area contributed by atoms with E-state index in [-0.39, 0.29) is 0 Å². The maximum Gasteiger partial charge on any atom is 0.0220 e. The minimum atomic E-state index is 0.896. The number of terminal acetylenes is 1. The van der Waals surface area contributed by atoms with E-state index >= 15 is 0 Å². The smallest absolute Gasteiger partial charge is 0.0220 e. The summed E-state index contributed by atoms with van der Waals surface area (Å²) in [5.41, 5.74) is 1.34.